The van der Waals surface area contributed by atoms with Crippen LogP contribution >= 0.6 is 11.6 Å². The van der Waals surface area contributed by atoms with E-state index in [-0.39, 0.29) is 12.3 Å². The van der Waals surface area contributed by atoms with Gasteiger partial charge >= 0.3 is 0 Å². The van der Waals surface area contributed by atoms with E-state index >= 15 is 0 Å². The summed E-state index contributed by atoms with van der Waals surface area (Å²) >= 11 is 6.01. The van der Waals surface area contributed by atoms with Crippen LogP contribution in [0.5, 0.6) is 5.75 Å². The van der Waals surface area contributed by atoms with E-state index < -0.39 is 0 Å². The fourth-order valence-corrected chi connectivity index (χ4v) is 2.51. The summed E-state index contributed by atoms with van der Waals surface area (Å²) < 4.78 is 5.54. The first-order chi connectivity index (χ1) is 12.0. The van der Waals surface area contributed by atoms with Crippen LogP contribution in [0.15, 0.2) is 54.2 Å². The summed E-state index contributed by atoms with van der Waals surface area (Å²) in [6, 6.07) is 11.2. The summed E-state index contributed by atoms with van der Waals surface area (Å²) in [6.45, 7) is 8.02. The van der Waals surface area contributed by atoms with Crippen LogP contribution in [0.25, 0.3) is 0 Å². The van der Waals surface area contributed by atoms with Crippen molar-refractivity contribution in [2.75, 3.05) is 6.61 Å². The molecule has 0 aromatic heterocycles. The maximum atomic E-state index is 12.1. The average molecular weight is 357 g/mol. The van der Waals surface area contributed by atoms with Crippen molar-refractivity contribution in [1.29, 1.82) is 0 Å². The van der Waals surface area contributed by atoms with Gasteiger partial charge in [-0.05, 0) is 43.2 Å². The number of nitrogens with zero attached hydrogens (tertiary/aromatic N) is 1. The molecule has 2 aromatic rings. The van der Waals surface area contributed by atoms with Crippen molar-refractivity contribution in [2.24, 2.45) is 5.10 Å². The van der Waals surface area contributed by atoms with Crippen LogP contribution in [0.3, 0.4) is 0 Å². The van der Waals surface area contributed by atoms with Crippen LogP contribution < -0.4 is 10.2 Å². The summed E-state index contributed by atoms with van der Waals surface area (Å²) in [4.78, 5) is 12.1. The second kappa shape index (κ2) is 9.04. The summed E-state index contributed by atoms with van der Waals surface area (Å²) in [7, 11) is 0. The van der Waals surface area contributed by atoms with Gasteiger partial charge in [0, 0.05) is 10.6 Å². The molecule has 0 aliphatic carbocycles. The Bertz CT molecular complexity index is 800. The number of nitrogens with one attached hydrogen (secondary N) is 1. The highest BCUT2D eigenvalue weighted by atomic mass is 35.5. The highest BCUT2D eigenvalue weighted by Crippen LogP contribution is 2.21. The van der Waals surface area contributed by atoms with Gasteiger partial charge in [0.2, 0.25) is 5.91 Å². The molecule has 0 aliphatic heterocycles. The number of benzene rings is 2. The van der Waals surface area contributed by atoms with Crippen LogP contribution in [-0.2, 0) is 11.2 Å². The van der Waals surface area contributed by atoms with Gasteiger partial charge in [-0.15, -0.1) is 0 Å². The standard InChI is InChI=1S/C20H21ClN2O2/c1-4-9-25-19-8-7-18(21)11-17(19)13-22-23-20(24)12-16-6-5-14(2)10-15(16)3/h4-8,10-11,13H,1,9,12H2,2-3H3,(H,23,24)/b22-13-. The first-order valence-electron chi connectivity index (χ1n) is 7.91. The minimum Gasteiger partial charge on any atom is -0.489 e. The van der Waals surface area contributed by atoms with E-state index in [9.17, 15) is 4.79 Å². The molecule has 0 bridgehead atoms. The Hall–Kier alpha value is -2.59. The van der Waals surface area contributed by atoms with Crippen molar-refractivity contribution < 1.29 is 9.53 Å². The molecule has 0 spiro atoms. The van der Waals surface area contributed by atoms with Gasteiger partial charge in [-0.2, -0.15) is 5.10 Å². The molecule has 130 valence electrons. The third-order valence-electron chi connectivity index (χ3n) is 3.57. The lowest BCUT2D eigenvalue weighted by atomic mass is 10.0. The van der Waals surface area contributed by atoms with Gasteiger partial charge in [0.05, 0.1) is 12.6 Å². The molecule has 25 heavy (non-hydrogen) atoms. The van der Waals surface area contributed by atoms with E-state index in [4.69, 9.17) is 16.3 Å². The molecule has 0 unspecified atom stereocenters. The molecule has 0 atom stereocenters. The van der Waals surface area contributed by atoms with E-state index in [1.807, 2.05) is 26.0 Å². The summed E-state index contributed by atoms with van der Waals surface area (Å²) in [5.74, 6) is 0.440. The molecule has 4 nitrogen and oxygen atoms in total. The van der Waals surface area contributed by atoms with Crippen molar-refractivity contribution in [2.45, 2.75) is 20.3 Å². The van der Waals surface area contributed by atoms with Gasteiger partial charge in [-0.1, -0.05) is 48.0 Å². The molecule has 2 aromatic carbocycles. The SMILES string of the molecule is C=CCOc1ccc(Cl)cc1/C=N\NC(=O)Cc1ccc(C)cc1C. The molecular formula is C20H21ClN2O2. The van der Waals surface area contributed by atoms with E-state index in [0.29, 0.717) is 22.9 Å². The average Bonchev–Trinajstić information content (AvgIpc) is 2.57. The zero-order chi connectivity index (χ0) is 18.2. The summed E-state index contributed by atoms with van der Waals surface area (Å²) in [5, 5.41) is 4.57. The predicted octanol–water partition coefficient (Wildman–Crippen LogP) is 4.21. The van der Waals surface area contributed by atoms with Gasteiger partial charge in [-0.3, -0.25) is 4.79 Å². The number of hydrogen-bond acceptors (Lipinski definition) is 3. The Morgan fingerprint density at radius 2 is 2.08 bits per heavy atom. The second-order valence-electron chi connectivity index (χ2n) is 5.68. The smallest absolute Gasteiger partial charge is 0.244 e. The van der Waals surface area contributed by atoms with Crippen LogP contribution in [0.4, 0.5) is 0 Å². The van der Waals surface area contributed by atoms with Crippen molar-refractivity contribution >= 4 is 23.7 Å². The lowest BCUT2D eigenvalue weighted by Crippen LogP contribution is -2.20. The second-order valence-corrected chi connectivity index (χ2v) is 6.12. The van der Waals surface area contributed by atoms with Crippen molar-refractivity contribution in [1.82, 2.24) is 5.43 Å². The van der Waals surface area contributed by atoms with Gasteiger partial charge in [0.15, 0.2) is 0 Å². The first kappa shape index (κ1) is 18.7. The molecule has 5 heteroatoms. The Morgan fingerprint density at radius 1 is 1.28 bits per heavy atom. The third-order valence-corrected chi connectivity index (χ3v) is 3.81. The molecule has 0 heterocycles. The number of hydrogen-bond donors (Lipinski definition) is 1. The van der Waals surface area contributed by atoms with Crippen LogP contribution in [0.2, 0.25) is 5.02 Å². The molecule has 0 saturated carbocycles. The minimum absolute atomic E-state index is 0.182. The highest BCUT2D eigenvalue weighted by Gasteiger charge is 2.06. The monoisotopic (exact) mass is 356 g/mol. The van der Waals surface area contributed by atoms with Crippen molar-refractivity contribution in [3.63, 3.8) is 0 Å². The zero-order valence-electron chi connectivity index (χ0n) is 14.4. The molecule has 0 saturated heterocycles. The van der Waals surface area contributed by atoms with Crippen LogP contribution in [0.1, 0.15) is 22.3 Å². The lowest BCUT2D eigenvalue weighted by Gasteiger charge is -2.08. The topological polar surface area (TPSA) is 50.7 Å². The number of halogens is 1. The lowest BCUT2D eigenvalue weighted by molar-refractivity contribution is -0.120. The van der Waals surface area contributed by atoms with Gasteiger partial charge in [-0.25, -0.2) is 5.43 Å². The third kappa shape index (κ3) is 5.76. The fraction of sp³-hybridized carbons (Fsp3) is 0.200. The van der Waals surface area contributed by atoms with Crippen LogP contribution in [-0.4, -0.2) is 18.7 Å². The molecule has 0 aliphatic rings. The Kier molecular flexibility index (Phi) is 6.78. The minimum atomic E-state index is -0.182. The molecule has 0 fully saturated rings. The van der Waals surface area contributed by atoms with E-state index in [0.717, 1.165) is 11.1 Å². The van der Waals surface area contributed by atoms with Crippen molar-refractivity contribution in [3.8, 4) is 5.75 Å². The van der Waals surface area contributed by atoms with E-state index in [2.05, 4.69) is 23.2 Å². The number of hydrazone groups is 1. The maximum Gasteiger partial charge on any atom is 0.244 e. The number of carbonyl (C=O) groups excluding carboxylic acids is 1. The zero-order valence-corrected chi connectivity index (χ0v) is 15.1. The van der Waals surface area contributed by atoms with Gasteiger partial charge in [0.25, 0.3) is 0 Å². The Labute approximate surface area is 153 Å². The molecule has 1 N–H and O–H groups in total. The number of carbonyl (C=O) groups is 1. The predicted molar refractivity (Wildman–Crippen MR) is 103 cm³/mol. The highest BCUT2D eigenvalue weighted by molar-refractivity contribution is 6.30. The maximum absolute atomic E-state index is 12.1. The number of aryl methyl sites for hydroxylation is 2. The quantitative estimate of drug-likeness (QED) is 0.459. The van der Waals surface area contributed by atoms with E-state index in [1.54, 1.807) is 24.3 Å². The van der Waals surface area contributed by atoms with E-state index in [1.165, 1.54) is 11.8 Å². The Balaban J connectivity index is 2.01. The molecule has 2 rings (SSSR count). The normalized spacial score (nSPS) is 10.7. The van der Waals surface area contributed by atoms with Gasteiger partial charge in [0.1, 0.15) is 12.4 Å². The number of ether oxygens (including phenoxy) is 1. The molecule has 1 amide bonds. The molecular weight excluding hydrogens is 336 g/mol. The number of rotatable bonds is 7. The van der Waals surface area contributed by atoms with Crippen molar-refractivity contribution in [3.05, 3.63) is 76.3 Å². The summed E-state index contributed by atoms with van der Waals surface area (Å²) in [5.41, 5.74) is 6.47. The molecule has 0 radical (unpaired) electrons. The van der Waals surface area contributed by atoms with Crippen LogP contribution in [0, 0.1) is 13.8 Å². The Morgan fingerprint density at radius 3 is 2.80 bits per heavy atom. The first-order valence-corrected chi connectivity index (χ1v) is 8.28. The summed E-state index contributed by atoms with van der Waals surface area (Å²) in [6.07, 6.45) is 3.45. The fourth-order valence-electron chi connectivity index (χ4n) is 2.33. The number of amides is 1. The van der Waals surface area contributed by atoms with Gasteiger partial charge < -0.3 is 4.74 Å². The largest absolute Gasteiger partial charge is 0.489 e.